The third kappa shape index (κ3) is 3.27. The first kappa shape index (κ1) is 17.3. The lowest BCUT2D eigenvalue weighted by atomic mass is 10.1. The molecule has 0 aliphatic heterocycles. The molecule has 0 saturated carbocycles. The number of anilines is 1. The zero-order valence-corrected chi connectivity index (χ0v) is 16.1. The van der Waals surface area contributed by atoms with Gasteiger partial charge in [0, 0.05) is 40.8 Å². The molecule has 8 nitrogen and oxygen atoms in total. The van der Waals surface area contributed by atoms with Crippen molar-refractivity contribution in [3.8, 4) is 22.5 Å². The smallest absolute Gasteiger partial charge is 0.259 e. The third-order valence-corrected chi connectivity index (χ3v) is 5.30. The van der Waals surface area contributed by atoms with Gasteiger partial charge >= 0.3 is 0 Å². The molecule has 2 N–H and O–H groups in total. The molecule has 5 heterocycles. The van der Waals surface area contributed by atoms with Gasteiger partial charge in [0.25, 0.3) is 5.91 Å². The van der Waals surface area contributed by atoms with Crippen LogP contribution in [0.4, 0.5) is 5.13 Å². The maximum absolute atomic E-state index is 12.4. The summed E-state index contributed by atoms with van der Waals surface area (Å²) in [5.74, 6) is -0.237. The van der Waals surface area contributed by atoms with Crippen molar-refractivity contribution in [2.75, 3.05) is 5.32 Å². The summed E-state index contributed by atoms with van der Waals surface area (Å²) in [5, 5.41) is 10.2. The molecule has 5 aromatic rings. The molecule has 29 heavy (non-hydrogen) atoms. The second kappa shape index (κ2) is 6.95. The maximum atomic E-state index is 12.4. The lowest BCUT2D eigenvalue weighted by molar-refractivity contribution is 0.102. The molecular formula is C20H15N7OS. The number of hydrogen-bond acceptors (Lipinski definition) is 6. The number of amides is 1. The first-order chi connectivity index (χ1) is 14.2. The Kier molecular flexibility index (Phi) is 4.14. The maximum Gasteiger partial charge on any atom is 0.259 e. The zero-order valence-electron chi connectivity index (χ0n) is 15.3. The molecule has 0 saturated heterocycles. The molecule has 0 atom stereocenters. The van der Waals surface area contributed by atoms with Gasteiger partial charge in [-0.1, -0.05) is 0 Å². The van der Waals surface area contributed by atoms with Crippen LogP contribution in [0.1, 0.15) is 15.2 Å². The summed E-state index contributed by atoms with van der Waals surface area (Å²) < 4.78 is 1.97. The van der Waals surface area contributed by atoms with Crippen molar-refractivity contribution in [1.82, 2.24) is 29.5 Å². The molecule has 0 bridgehead atoms. The van der Waals surface area contributed by atoms with E-state index >= 15 is 0 Å². The van der Waals surface area contributed by atoms with Crippen molar-refractivity contribution in [3.63, 3.8) is 0 Å². The molecular weight excluding hydrogens is 386 g/mol. The highest BCUT2D eigenvalue weighted by Crippen LogP contribution is 2.24. The Hall–Kier alpha value is -3.85. The van der Waals surface area contributed by atoms with Crippen LogP contribution in [-0.4, -0.2) is 35.5 Å². The van der Waals surface area contributed by atoms with Crippen molar-refractivity contribution < 1.29 is 4.79 Å². The summed E-state index contributed by atoms with van der Waals surface area (Å²) in [6.45, 7) is 1.94. The first-order valence-electron chi connectivity index (χ1n) is 8.84. The van der Waals surface area contributed by atoms with Gasteiger partial charge in [-0.3, -0.25) is 24.6 Å². The Bertz CT molecular complexity index is 1300. The summed E-state index contributed by atoms with van der Waals surface area (Å²) >= 11 is 1.43. The van der Waals surface area contributed by atoms with Gasteiger partial charge in [0.1, 0.15) is 5.65 Å². The third-order valence-electron chi connectivity index (χ3n) is 4.47. The number of carbonyl (C=O) groups excluding carboxylic acids is 1. The number of nitrogens with zero attached hydrogens (tertiary/aromatic N) is 5. The van der Waals surface area contributed by atoms with E-state index in [-0.39, 0.29) is 5.91 Å². The number of aromatic amines is 1. The summed E-state index contributed by atoms with van der Waals surface area (Å²) in [4.78, 5) is 26.5. The van der Waals surface area contributed by atoms with Crippen molar-refractivity contribution >= 4 is 28.0 Å². The molecule has 9 heteroatoms. The second-order valence-corrected chi connectivity index (χ2v) is 7.67. The summed E-state index contributed by atoms with van der Waals surface area (Å²) in [7, 11) is 0. The lowest BCUT2D eigenvalue weighted by Gasteiger charge is -2.05. The van der Waals surface area contributed by atoms with Gasteiger partial charge < -0.3 is 0 Å². The minimum atomic E-state index is -0.237. The SMILES string of the molecule is Cc1cnc(NC(=O)c2ccc(-c3cnc4ccc(-c5cn[nH]c5)cn34)nc2)s1. The number of carbonyl (C=O) groups is 1. The van der Waals surface area contributed by atoms with Gasteiger partial charge in [-0.15, -0.1) is 11.3 Å². The number of aromatic nitrogens is 6. The molecule has 0 aliphatic carbocycles. The number of pyridine rings is 2. The summed E-state index contributed by atoms with van der Waals surface area (Å²) in [6, 6.07) is 7.51. The van der Waals surface area contributed by atoms with Crippen molar-refractivity contribution in [1.29, 1.82) is 0 Å². The lowest BCUT2D eigenvalue weighted by Crippen LogP contribution is -2.11. The van der Waals surface area contributed by atoms with Crippen LogP contribution < -0.4 is 5.32 Å². The topological polar surface area (TPSA) is 101 Å². The highest BCUT2D eigenvalue weighted by atomic mass is 32.1. The van der Waals surface area contributed by atoms with E-state index in [0.717, 1.165) is 33.0 Å². The average Bonchev–Trinajstić information content (AvgIpc) is 3.48. The van der Waals surface area contributed by atoms with Gasteiger partial charge in [-0.25, -0.2) is 9.97 Å². The number of aryl methyl sites for hydroxylation is 1. The monoisotopic (exact) mass is 401 g/mol. The van der Waals surface area contributed by atoms with Crippen molar-refractivity contribution in [2.24, 2.45) is 0 Å². The fourth-order valence-corrected chi connectivity index (χ4v) is 3.67. The standard InChI is InChI=1S/C20H15N7OS/c1-12-6-23-20(29-12)26-19(28)13-2-4-16(21-7-13)17-10-22-18-5-3-14(11-27(17)18)15-8-24-25-9-15/h2-11H,1H3,(H,24,25)(H,23,26,28). The van der Waals surface area contributed by atoms with Crippen molar-refractivity contribution in [2.45, 2.75) is 6.92 Å². The minimum absolute atomic E-state index is 0.237. The van der Waals surface area contributed by atoms with Gasteiger partial charge in [-0.05, 0) is 31.2 Å². The normalized spacial score (nSPS) is 11.1. The number of nitrogens with one attached hydrogen (secondary N) is 2. The molecule has 0 radical (unpaired) electrons. The molecule has 5 rings (SSSR count). The van der Waals surface area contributed by atoms with E-state index in [1.165, 1.54) is 11.3 Å². The quantitative estimate of drug-likeness (QED) is 0.477. The van der Waals surface area contributed by atoms with Gasteiger partial charge in [0.15, 0.2) is 5.13 Å². The Balaban J connectivity index is 1.44. The molecule has 5 aromatic heterocycles. The zero-order chi connectivity index (χ0) is 19.8. The van der Waals surface area contributed by atoms with Crippen LogP contribution in [0.2, 0.25) is 0 Å². The van der Waals surface area contributed by atoms with Crippen molar-refractivity contribution in [3.05, 3.63) is 71.9 Å². The summed E-state index contributed by atoms with van der Waals surface area (Å²) in [6.07, 6.45) is 10.7. The van der Waals surface area contributed by atoms with Crippen LogP contribution in [0.5, 0.6) is 0 Å². The van der Waals surface area contributed by atoms with Crippen LogP contribution in [-0.2, 0) is 0 Å². The van der Waals surface area contributed by atoms with Gasteiger partial charge in [0.05, 0.1) is 29.3 Å². The Labute approximate surface area is 169 Å². The number of fused-ring (bicyclic) bond motifs is 1. The Morgan fingerprint density at radius 2 is 1.97 bits per heavy atom. The molecule has 0 aliphatic rings. The Morgan fingerprint density at radius 1 is 1.03 bits per heavy atom. The molecule has 0 unspecified atom stereocenters. The number of imidazole rings is 1. The number of rotatable bonds is 4. The van der Waals surface area contributed by atoms with E-state index < -0.39 is 0 Å². The Morgan fingerprint density at radius 3 is 2.69 bits per heavy atom. The fraction of sp³-hybridized carbons (Fsp3) is 0.0500. The predicted octanol–water partition coefficient (Wildman–Crippen LogP) is 3.80. The molecule has 0 spiro atoms. The molecule has 0 fully saturated rings. The van der Waals surface area contributed by atoms with Crippen LogP contribution in [0.15, 0.2) is 61.4 Å². The van der Waals surface area contributed by atoms with E-state index in [9.17, 15) is 4.79 Å². The van der Waals surface area contributed by atoms with Gasteiger partial charge in [0.2, 0.25) is 0 Å². The van der Waals surface area contributed by atoms with Crippen LogP contribution in [0.3, 0.4) is 0 Å². The van der Waals surface area contributed by atoms with Crippen LogP contribution in [0, 0.1) is 6.92 Å². The highest BCUT2D eigenvalue weighted by Gasteiger charge is 2.12. The van der Waals surface area contributed by atoms with Crippen LogP contribution >= 0.6 is 11.3 Å². The largest absolute Gasteiger partial charge is 0.298 e. The van der Waals surface area contributed by atoms with E-state index in [4.69, 9.17) is 0 Å². The van der Waals surface area contributed by atoms with E-state index in [1.54, 1.807) is 30.9 Å². The fourth-order valence-electron chi connectivity index (χ4n) is 3.01. The number of H-pyrrole nitrogens is 1. The minimum Gasteiger partial charge on any atom is -0.298 e. The average molecular weight is 401 g/mol. The highest BCUT2D eigenvalue weighted by molar-refractivity contribution is 7.15. The van der Waals surface area contributed by atoms with E-state index in [1.807, 2.05) is 41.9 Å². The molecule has 1 amide bonds. The van der Waals surface area contributed by atoms with E-state index in [0.29, 0.717) is 10.7 Å². The van der Waals surface area contributed by atoms with E-state index in [2.05, 4.69) is 30.5 Å². The predicted molar refractivity (Wildman–Crippen MR) is 111 cm³/mol. The van der Waals surface area contributed by atoms with Gasteiger partial charge in [-0.2, -0.15) is 5.10 Å². The van der Waals surface area contributed by atoms with Crippen LogP contribution in [0.25, 0.3) is 28.2 Å². The number of hydrogen-bond donors (Lipinski definition) is 2. The number of thiazole rings is 1. The molecule has 0 aromatic carbocycles. The first-order valence-corrected chi connectivity index (χ1v) is 9.65. The second-order valence-electron chi connectivity index (χ2n) is 6.44. The summed E-state index contributed by atoms with van der Waals surface area (Å²) in [5.41, 5.74) is 4.85. The molecule has 142 valence electrons.